The van der Waals surface area contributed by atoms with Crippen LogP contribution >= 0.6 is 23.2 Å². The van der Waals surface area contributed by atoms with Crippen molar-refractivity contribution < 1.29 is 13.2 Å². The molecule has 19 heavy (non-hydrogen) atoms. The Kier molecular flexibility index (Phi) is 3.79. The molecule has 0 saturated carbocycles. The van der Waals surface area contributed by atoms with Crippen LogP contribution in [0, 0.1) is 13.0 Å². The van der Waals surface area contributed by atoms with E-state index in [1.165, 1.54) is 6.07 Å². The summed E-state index contributed by atoms with van der Waals surface area (Å²) in [7, 11) is 0. The maximum atomic E-state index is 12.5. The summed E-state index contributed by atoms with van der Waals surface area (Å²) in [5, 5.41) is 0.343. The first-order valence-corrected chi connectivity index (χ1v) is 6.10. The van der Waals surface area contributed by atoms with Gasteiger partial charge in [-0.15, -0.1) is 0 Å². The fourth-order valence-electron chi connectivity index (χ4n) is 1.68. The van der Waals surface area contributed by atoms with Crippen molar-refractivity contribution in [3.8, 4) is 11.1 Å². The van der Waals surface area contributed by atoms with Crippen LogP contribution in [0.3, 0.4) is 0 Å². The quantitative estimate of drug-likeness (QED) is 0.625. The average molecular weight is 304 g/mol. The molecule has 0 aliphatic rings. The fourth-order valence-corrected chi connectivity index (χ4v) is 2.28. The Bertz CT molecular complexity index is 619. The molecule has 0 atom stereocenters. The molecular weight excluding hydrogens is 296 g/mol. The van der Waals surface area contributed by atoms with Gasteiger partial charge >= 0.3 is 6.18 Å². The zero-order valence-corrected chi connectivity index (χ0v) is 11.3. The molecule has 0 bridgehead atoms. The minimum absolute atomic E-state index is 0.00831. The summed E-state index contributed by atoms with van der Waals surface area (Å²) in [5.41, 5.74) is 1.08. The highest BCUT2D eigenvalue weighted by molar-refractivity contribution is 6.36. The van der Waals surface area contributed by atoms with E-state index in [0.29, 0.717) is 16.1 Å². The second-order valence-electron chi connectivity index (χ2n) is 4.06. The third-order valence-corrected chi connectivity index (χ3v) is 3.24. The summed E-state index contributed by atoms with van der Waals surface area (Å²) in [5.74, 6) is 0. The predicted octanol–water partition coefficient (Wildman–Crippen LogP) is 5.79. The number of rotatable bonds is 1. The van der Waals surface area contributed by atoms with Crippen molar-refractivity contribution in [2.24, 2.45) is 0 Å². The number of benzene rings is 2. The highest BCUT2D eigenvalue weighted by atomic mass is 35.5. The van der Waals surface area contributed by atoms with Crippen molar-refractivity contribution in [3.05, 3.63) is 57.6 Å². The highest BCUT2D eigenvalue weighted by Crippen LogP contribution is 2.37. The van der Waals surface area contributed by atoms with Crippen LogP contribution in [-0.4, -0.2) is 0 Å². The number of aryl methyl sites for hydroxylation is 1. The van der Waals surface area contributed by atoms with Gasteiger partial charge < -0.3 is 0 Å². The summed E-state index contributed by atoms with van der Waals surface area (Å²) in [4.78, 5) is 0. The Labute approximate surface area is 118 Å². The van der Waals surface area contributed by atoms with Gasteiger partial charge in [-0.25, -0.2) is 0 Å². The molecule has 0 fully saturated rings. The van der Waals surface area contributed by atoms with Gasteiger partial charge in [0.25, 0.3) is 0 Å². The van der Waals surface area contributed by atoms with Gasteiger partial charge in [-0.1, -0.05) is 41.4 Å². The SMILES string of the molecule is Cc1[c]c(Cl)c(-c2ccc(C(F)(F)F)cc2Cl)cc1. The minimum atomic E-state index is -4.41. The van der Waals surface area contributed by atoms with Crippen LogP contribution in [0.5, 0.6) is 0 Å². The lowest BCUT2D eigenvalue weighted by Crippen LogP contribution is -2.04. The summed E-state index contributed by atoms with van der Waals surface area (Å²) in [6, 6.07) is 9.57. The Balaban J connectivity index is 2.52. The van der Waals surface area contributed by atoms with E-state index in [1.807, 2.05) is 6.92 Å². The first-order valence-electron chi connectivity index (χ1n) is 5.34. The number of hydrogen-bond acceptors (Lipinski definition) is 0. The van der Waals surface area contributed by atoms with Crippen molar-refractivity contribution >= 4 is 23.2 Å². The second kappa shape index (κ2) is 5.06. The molecule has 0 aliphatic carbocycles. The first-order chi connectivity index (χ1) is 8.79. The van der Waals surface area contributed by atoms with E-state index >= 15 is 0 Å². The Morgan fingerprint density at radius 1 is 1.00 bits per heavy atom. The van der Waals surface area contributed by atoms with E-state index in [1.54, 1.807) is 12.1 Å². The van der Waals surface area contributed by atoms with E-state index in [2.05, 4.69) is 6.07 Å². The van der Waals surface area contributed by atoms with Crippen LogP contribution in [0.15, 0.2) is 30.3 Å². The molecule has 0 aliphatic heterocycles. The molecule has 1 radical (unpaired) electrons. The van der Waals surface area contributed by atoms with Crippen LogP contribution < -0.4 is 0 Å². The molecule has 0 N–H and O–H groups in total. The highest BCUT2D eigenvalue weighted by Gasteiger charge is 2.31. The Hall–Kier alpha value is -1.19. The van der Waals surface area contributed by atoms with E-state index in [0.717, 1.165) is 17.7 Å². The van der Waals surface area contributed by atoms with Crippen LogP contribution in [-0.2, 0) is 6.18 Å². The van der Waals surface area contributed by atoms with Gasteiger partial charge in [0.1, 0.15) is 0 Å². The summed E-state index contributed by atoms with van der Waals surface area (Å²) in [6.45, 7) is 1.82. The normalized spacial score (nSPS) is 11.7. The lowest BCUT2D eigenvalue weighted by molar-refractivity contribution is -0.137. The van der Waals surface area contributed by atoms with Gasteiger partial charge in [0, 0.05) is 22.2 Å². The Morgan fingerprint density at radius 2 is 1.63 bits per heavy atom. The molecule has 0 saturated heterocycles. The lowest BCUT2D eigenvalue weighted by atomic mass is 10.0. The van der Waals surface area contributed by atoms with Gasteiger partial charge in [-0.05, 0) is 24.6 Å². The molecule has 0 amide bonds. The lowest BCUT2D eigenvalue weighted by Gasteiger charge is -2.11. The summed E-state index contributed by atoms with van der Waals surface area (Å²) in [6.07, 6.45) is -4.41. The second-order valence-corrected chi connectivity index (χ2v) is 4.85. The fraction of sp³-hybridized carbons (Fsp3) is 0.143. The third-order valence-electron chi connectivity index (χ3n) is 2.63. The number of alkyl halides is 3. The van der Waals surface area contributed by atoms with E-state index in [4.69, 9.17) is 23.2 Å². The van der Waals surface area contributed by atoms with Gasteiger partial charge in [0.2, 0.25) is 0 Å². The largest absolute Gasteiger partial charge is 0.416 e. The van der Waals surface area contributed by atoms with E-state index < -0.39 is 11.7 Å². The van der Waals surface area contributed by atoms with Gasteiger partial charge in [-0.3, -0.25) is 0 Å². The van der Waals surface area contributed by atoms with Crippen molar-refractivity contribution in [1.29, 1.82) is 0 Å². The maximum Gasteiger partial charge on any atom is 0.416 e. The zero-order chi connectivity index (χ0) is 14.2. The summed E-state index contributed by atoms with van der Waals surface area (Å²) < 4.78 is 37.6. The van der Waals surface area contributed by atoms with Gasteiger partial charge in [0.15, 0.2) is 0 Å². The van der Waals surface area contributed by atoms with Crippen molar-refractivity contribution in [2.75, 3.05) is 0 Å². The third kappa shape index (κ3) is 3.04. The molecule has 0 unspecified atom stereocenters. The number of halogens is 5. The smallest absolute Gasteiger partial charge is 0.166 e. The molecule has 2 aromatic rings. The van der Waals surface area contributed by atoms with Crippen LogP contribution in [0.25, 0.3) is 11.1 Å². The molecular formula is C14H8Cl2F3. The monoisotopic (exact) mass is 303 g/mol. The molecule has 5 heteroatoms. The zero-order valence-electron chi connectivity index (χ0n) is 9.78. The molecule has 2 rings (SSSR count). The average Bonchev–Trinajstić information content (AvgIpc) is 2.28. The first kappa shape index (κ1) is 14.2. The van der Waals surface area contributed by atoms with Crippen LogP contribution in [0.2, 0.25) is 10.0 Å². The standard InChI is InChI=1S/C14H8Cl2F3/c1-8-2-4-10(12(15)6-8)11-5-3-9(7-13(11)16)14(17,18)19/h2-5,7H,1H3. The summed E-state index contributed by atoms with van der Waals surface area (Å²) >= 11 is 11.9. The minimum Gasteiger partial charge on any atom is -0.166 e. The molecule has 2 aromatic carbocycles. The van der Waals surface area contributed by atoms with Crippen molar-refractivity contribution in [1.82, 2.24) is 0 Å². The van der Waals surface area contributed by atoms with Crippen LogP contribution in [0.1, 0.15) is 11.1 Å². The van der Waals surface area contributed by atoms with E-state index in [9.17, 15) is 13.2 Å². The van der Waals surface area contributed by atoms with Gasteiger partial charge in [-0.2, -0.15) is 13.2 Å². The predicted molar refractivity (Wildman–Crippen MR) is 70.5 cm³/mol. The molecule has 0 nitrogen and oxygen atoms in total. The maximum absolute atomic E-state index is 12.5. The molecule has 0 heterocycles. The Morgan fingerprint density at radius 3 is 2.16 bits per heavy atom. The molecule has 0 spiro atoms. The van der Waals surface area contributed by atoms with E-state index in [-0.39, 0.29) is 5.02 Å². The molecule has 0 aromatic heterocycles. The topological polar surface area (TPSA) is 0 Å². The molecule has 99 valence electrons. The number of hydrogen-bond donors (Lipinski definition) is 0. The van der Waals surface area contributed by atoms with Crippen molar-refractivity contribution in [2.45, 2.75) is 13.1 Å². The van der Waals surface area contributed by atoms with Crippen molar-refractivity contribution in [3.63, 3.8) is 0 Å². The van der Waals surface area contributed by atoms with Crippen LogP contribution in [0.4, 0.5) is 13.2 Å². The van der Waals surface area contributed by atoms with Gasteiger partial charge in [0.05, 0.1) is 10.6 Å².